The molecule has 21 heavy (non-hydrogen) atoms. The third kappa shape index (κ3) is 3.98. The lowest BCUT2D eigenvalue weighted by Gasteiger charge is -2.42. The number of nitrogens with zero attached hydrogens (tertiary/aromatic N) is 1. The zero-order chi connectivity index (χ0) is 15.8. The monoisotopic (exact) mass is 291 g/mol. The van der Waals surface area contributed by atoms with Gasteiger partial charge in [-0.05, 0) is 43.9 Å². The fourth-order valence-electron chi connectivity index (χ4n) is 2.72. The molecule has 0 saturated carbocycles. The number of hydrogen-bond acceptors (Lipinski definition) is 3. The van der Waals surface area contributed by atoms with E-state index in [2.05, 4.69) is 56.9 Å². The number of hydrogen-bond donors (Lipinski definition) is 1. The van der Waals surface area contributed by atoms with Gasteiger partial charge in [-0.25, -0.2) is 0 Å². The fourth-order valence-corrected chi connectivity index (χ4v) is 2.72. The molecule has 1 aromatic carbocycles. The van der Waals surface area contributed by atoms with Crippen molar-refractivity contribution in [2.45, 2.75) is 64.8 Å². The second-order valence-corrected chi connectivity index (χ2v) is 7.79. The summed E-state index contributed by atoms with van der Waals surface area (Å²) in [6, 6.07) is 8.77. The second kappa shape index (κ2) is 5.62. The molecule has 2 atom stereocenters. The van der Waals surface area contributed by atoms with Gasteiger partial charge in [0.15, 0.2) is 0 Å². The molecule has 2 rings (SSSR count). The molecule has 0 radical (unpaired) electrons. The Balaban J connectivity index is 2.17. The van der Waals surface area contributed by atoms with Crippen molar-refractivity contribution in [3.8, 4) is 0 Å². The summed E-state index contributed by atoms with van der Waals surface area (Å²) >= 11 is 0. The standard InChI is InChI=1S/C18H29NO2/c1-13-11-19(12-16(21-13)18(5,6)20)15-9-7-14(8-10-15)17(2,3)4/h7-10,13,16,20H,11-12H2,1-6H3. The highest BCUT2D eigenvalue weighted by Gasteiger charge is 2.35. The quantitative estimate of drug-likeness (QED) is 0.907. The van der Waals surface area contributed by atoms with E-state index in [9.17, 15) is 5.11 Å². The van der Waals surface area contributed by atoms with E-state index in [1.54, 1.807) is 0 Å². The molecule has 118 valence electrons. The van der Waals surface area contributed by atoms with Crippen LogP contribution < -0.4 is 4.90 Å². The van der Waals surface area contributed by atoms with Crippen molar-refractivity contribution in [2.24, 2.45) is 0 Å². The van der Waals surface area contributed by atoms with Gasteiger partial charge in [-0.3, -0.25) is 0 Å². The molecule has 0 aromatic heterocycles. The predicted octanol–water partition coefficient (Wildman–Crippen LogP) is 3.35. The summed E-state index contributed by atoms with van der Waals surface area (Å²) < 4.78 is 5.89. The van der Waals surface area contributed by atoms with Gasteiger partial charge < -0.3 is 14.7 Å². The normalized spacial score (nSPS) is 24.2. The maximum absolute atomic E-state index is 10.2. The van der Waals surface area contributed by atoms with Crippen LogP contribution in [-0.4, -0.2) is 36.0 Å². The maximum Gasteiger partial charge on any atom is 0.103 e. The second-order valence-electron chi connectivity index (χ2n) is 7.79. The predicted molar refractivity (Wildman–Crippen MR) is 88.0 cm³/mol. The zero-order valence-corrected chi connectivity index (χ0v) is 14.2. The summed E-state index contributed by atoms with van der Waals surface area (Å²) in [6.45, 7) is 14.0. The minimum Gasteiger partial charge on any atom is -0.388 e. The van der Waals surface area contributed by atoms with Crippen molar-refractivity contribution < 1.29 is 9.84 Å². The summed E-state index contributed by atoms with van der Waals surface area (Å²) in [7, 11) is 0. The third-order valence-corrected chi connectivity index (χ3v) is 4.15. The Morgan fingerprint density at radius 1 is 1.05 bits per heavy atom. The van der Waals surface area contributed by atoms with Gasteiger partial charge in [-0.1, -0.05) is 32.9 Å². The van der Waals surface area contributed by atoms with Crippen LogP contribution in [-0.2, 0) is 10.2 Å². The Labute approximate surface area is 128 Å². The Bertz CT molecular complexity index is 467. The van der Waals surface area contributed by atoms with E-state index in [0.717, 1.165) is 13.1 Å². The Kier molecular flexibility index (Phi) is 4.36. The van der Waals surface area contributed by atoms with E-state index < -0.39 is 5.60 Å². The molecule has 0 spiro atoms. The summed E-state index contributed by atoms with van der Waals surface area (Å²) in [5.41, 5.74) is 1.89. The molecule has 2 unspecified atom stereocenters. The van der Waals surface area contributed by atoms with Gasteiger partial charge in [0, 0.05) is 18.8 Å². The van der Waals surface area contributed by atoms with Crippen LogP contribution in [0.1, 0.15) is 47.1 Å². The summed E-state index contributed by atoms with van der Waals surface area (Å²) in [6.07, 6.45) is -0.0407. The van der Waals surface area contributed by atoms with E-state index in [-0.39, 0.29) is 17.6 Å². The average Bonchev–Trinajstić information content (AvgIpc) is 2.36. The average molecular weight is 291 g/mol. The Hall–Kier alpha value is -1.06. The van der Waals surface area contributed by atoms with Gasteiger partial charge in [0.25, 0.3) is 0 Å². The Morgan fingerprint density at radius 2 is 1.62 bits per heavy atom. The fraction of sp³-hybridized carbons (Fsp3) is 0.667. The summed E-state index contributed by atoms with van der Waals surface area (Å²) in [5, 5.41) is 10.2. The number of anilines is 1. The van der Waals surface area contributed by atoms with Crippen molar-refractivity contribution in [1.82, 2.24) is 0 Å². The van der Waals surface area contributed by atoms with Gasteiger partial charge in [0.1, 0.15) is 6.10 Å². The van der Waals surface area contributed by atoms with Gasteiger partial charge in [-0.15, -0.1) is 0 Å². The molecule has 1 heterocycles. The first-order valence-electron chi connectivity index (χ1n) is 7.80. The molecule has 1 saturated heterocycles. The van der Waals surface area contributed by atoms with Gasteiger partial charge in [0.2, 0.25) is 0 Å². The SMILES string of the molecule is CC1CN(c2ccc(C(C)(C)C)cc2)CC(C(C)(C)O)O1. The van der Waals surface area contributed by atoms with Crippen molar-refractivity contribution in [1.29, 1.82) is 0 Å². The Morgan fingerprint density at radius 3 is 2.10 bits per heavy atom. The highest BCUT2D eigenvalue weighted by atomic mass is 16.5. The zero-order valence-electron chi connectivity index (χ0n) is 14.2. The number of benzene rings is 1. The molecular weight excluding hydrogens is 262 g/mol. The lowest BCUT2D eigenvalue weighted by atomic mass is 9.87. The van der Waals surface area contributed by atoms with E-state index in [1.165, 1.54) is 11.3 Å². The van der Waals surface area contributed by atoms with Crippen LogP contribution in [0.4, 0.5) is 5.69 Å². The number of aliphatic hydroxyl groups is 1. The van der Waals surface area contributed by atoms with Crippen molar-refractivity contribution in [3.05, 3.63) is 29.8 Å². The minimum absolute atomic E-state index is 0.123. The van der Waals surface area contributed by atoms with Crippen LogP contribution in [0.25, 0.3) is 0 Å². The van der Waals surface area contributed by atoms with E-state index in [4.69, 9.17) is 4.74 Å². The molecule has 3 nitrogen and oxygen atoms in total. The van der Waals surface area contributed by atoms with Crippen LogP contribution >= 0.6 is 0 Å². The van der Waals surface area contributed by atoms with E-state index >= 15 is 0 Å². The van der Waals surface area contributed by atoms with Crippen molar-refractivity contribution in [3.63, 3.8) is 0 Å². The summed E-state index contributed by atoms with van der Waals surface area (Å²) in [4.78, 5) is 2.31. The molecule has 0 aliphatic carbocycles. The highest BCUT2D eigenvalue weighted by Crippen LogP contribution is 2.28. The lowest BCUT2D eigenvalue weighted by Crippen LogP contribution is -2.54. The van der Waals surface area contributed by atoms with E-state index in [1.807, 2.05) is 13.8 Å². The minimum atomic E-state index is -0.821. The molecule has 3 heteroatoms. The molecule has 1 aliphatic heterocycles. The van der Waals surface area contributed by atoms with Crippen LogP contribution in [0.2, 0.25) is 0 Å². The van der Waals surface area contributed by atoms with Crippen molar-refractivity contribution >= 4 is 5.69 Å². The molecule has 0 amide bonds. The molecule has 1 fully saturated rings. The molecule has 1 N–H and O–H groups in total. The molecular formula is C18H29NO2. The van der Waals surface area contributed by atoms with Gasteiger partial charge >= 0.3 is 0 Å². The van der Waals surface area contributed by atoms with Gasteiger partial charge in [-0.2, -0.15) is 0 Å². The van der Waals surface area contributed by atoms with Crippen molar-refractivity contribution in [2.75, 3.05) is 18.0 Å². The number of rotatable bonds is 2. The molecule has 1 aromatic rings. The van der Waals surface area contributed by atoms with Gasteiger partial charge in [0.05, 0.1) is 11.7 Å². The first-order valence-corrected chi connectivity index (χ1v) is 7.80. The number of morpholine rings is 1. The smallest absolute Gasteiger partial charge is 0.103 e. The van der Waals surface area contributed by atoms with Crippen LogP contribution in [0, 0.1) is 0 Å². The molecule has 0 bridgehead atoms. The largest absolute Gasteiger partial charge is 0.388 e. The number of ether oxygens (including phenoxy) is 1. The van der Waals surface area contributed by atoms with Crippen LogP contribution in [0.3, 0.4) is 0 Å². The first-order chi connectivity index (χ1) is 9.57. The van der Waals surface area contributed by atoms with E-state index in [0.29, 0.717) is 0 Å². The lowest BCUT2D eigenvalue weighted by molar-refractivity contribution is -0.120. The van der Waals surface area contributed by atoms with Crippen LogP contribution in [0.15, 0.2) is 24.3 Å². The third-order valence-electron chi connectivity index (χ3n) is 4.15. The summed E-state index contributed by atoms with van der Waals surface area (Å²) in [5.74, 6) is 0. The first kappa shape index (κ1) is 16.3. The highest BCUT2D eigenvalue weighted by molar-refractivity contribution is 5.49. The maximum atomic E-state index is 10.2. The van der Waals surface area contributed by atoms with Crippen LogP contribution in [0.5, 0.6) is 0 Å². The topological polar surface area (TPSA) is 32.7 Å². The molecule has 1 aliphatic rings.